The van der Waals surface area contributed by atoms with Gasteiger partial charge in [0.15, 0.2) is 5.78 Å². The topological polar surface area (TPSA) is 58.5 Å². The molecule has 2 aliphatic rings. The van der Waals surface area contributed by atoms with Crippen molar-refractivity contribution in [1.82, 2.24) is 5.32 Å². The van der Waals surface area contributed by atoms with Crippen molar-refractivity contribution < 1.29 is 9.59 Å². The molecule has 0 atom stereocenters. The molecule has 4 nitrogen and oxygen atoms in total. The fourth-order valence-electron chi connectivity index (χ4n) is 2.65. The minimum absolute atomic E-state index is 0.0401. The lowest BCUT2D eigenvalue weighted by Crippen LogP contribution is -2.35. The van der Waals surface area contributed by atoms with Gasteiger partial charge in [0.2, 0.25) is 0 Å². The molecule has 0 aliphatic heterocycles. The van der Waals surface area contributed by atoms with Crippen LogP contribution in [0.1, 0.15) is 46.0 Å². The molecule has 1 saturated carbocycles. The lowest BCUT2D eigenvalue weighted by Gasteiger charge is -2.22. The van der Waals surface area contributed by atoms with Crippen LogP contribution in [0.15, 0.2) is 28.3 Å². The molecule has 4 heteroatoms. The van der Waals surface area contributed by atoms with Crippen molar-refractivity contribution in [3.8, 4) is 0 Å². The number of amides is 2. The number of nitrogens with one attached hydrogen (secondary N) is 1. The van der Waals surface area contributed by atoms with E-state index in [4.69, 9.17) is 0 Å². The van der Waals surface area contributed by atoms with Gasteiger partial charge in [0, 0.05) is 6.04 Å². The fraction of sp³-hybridized carbons (Fsp3) is 0.533. The van der Waals surface area contributed by atoms with E-state index < -0.39 is 0 Å². The number of hydrogen-bond acceptors (Lipinski definition) is 2. The Morgan fingerprint density at radius 3 is 2.32 bits per heavy atom. The summed E-state index contributed by atoms with van der Waals surface area (Å²) in [7, 11) is 0. The van der Waals surface area contributed by atoms with E-state index in [-0.39, 0.29) is 17.9 Å². The van der Waals surface area contributed by atoms with Crippen molar-refractivity contribution >= 4 is 17.5 Å². The highest BCUT2D eigenvalue weighted by atomic mass is 16.2. The average molecular weight is 260 g/mol. The third kappa shape index (κ3) is 3.63. The number of hydrogen-bond donors (Lipinski definition) is 1. The first-order chi connectivity index (χ1) is 9.06. The summed E-state index contributed by atoms with van der Waals surface area (Å²) in [5.41, 5.74) is 2.13. The van der Waals surface area contributed by atoms with Crippen LogP contribution in [0.25, 0.3) is 0 Å². The maximum atomic E-state index is 11.9. The second-order valence-corrected chi connectivity index (χ2v) is 5.30. The SMILES string of the molecule is CC1=CC(=O)C=C(C)C1=NC(=O)NC1CCCCC1. The minimum atomic E-state index is -0.295. The number of rotatable bonds is 1. The summed E-state index contributed by atoms with van der Waals surface area (Å²) in [6.45, 7) is 3.61. The molecule has 2 rings (SSSR count). The number of aliphatic imine (C=N–C) groups is 1. The number of urea groups is 1. The molecule has 0 unspecified atom stereocenters. The highest BCUT2D eigenvalue weighted by molar-refractivity contribution is 6.24. The van der Waals surface area contributed by atoms with Crippen LogP contribution in [-0.2, 0) is 4.79 Å². The molecular formula is C15H20N2O2. The summed E-state index contributed by atoms with van der Waals surface area (Å²) in [6, 6.07) is -0.0406. The lowest BCUT2D eigenvalue weighted by molar-refractivity contribution is -0.110. The second-order valence-electron chi connectivity index (χ2n) is 5.30. The lowest BCUT2D eigenvalue weighted by atomic mass is 9.95. The third-order valence-electron chi connectivity index (χ3n) is 3.61. The van der Waals surface area contributed by atoms with E-state index in [1.54, 1.807) is 13.8 Å². The third-order valence-corrected chi connectivity index (χ3v) is 3.61. The van der Waals surface area contributed by atoms with E-state index in [1.807, 2.05) is 0 Å². The van der Waals surface area contributed by atoms with Crippen LogP contribution in [0, 0.1) is 0 Å². The van der Waals surface area contributed by atoms with Gasteiger partial charge in [-0.05, 0) is 50.0 Å². The van der Waals surface area contributed by atoms with Crippen LogP contribution < -0.4 is 5.32 Å². The number of carbonyl (C=O) groups is 2. The molecule has 19 heavy (non-hydrogen) atoms. The molecule has 0 bridgehead atoms. The summed E-state index contributed by atoms with van der Waals surface area (Å²) in [4.78, 5) is 27.3. The van der Waals surface area contributed by atoms with Crippen LogP contribution in [0.3, 0.4) is 0 Å². The molecule has 0 aromatic heterocycles. The van der Waals surface area contributed by atoms with Crippen LogP contribution in [-0.4, -0.2) is 23.6 Å². The van der Waals surface area contributed by atoms with Gasteiger partial charge in [0.1, 0.15) is 0 Å². The first kappa shape index (κ1) is 13.7. The van der Waals surface area contributed by atoms with E-state index >= 15 is 0 Å². The fourth-order valence-corrected chi connectivity index (χ4v) is 2.65. The monoisotopic (exact) mass is 260 g/mol. The van der Waals surface area contributed by atoms with Crippen molar-refractivity contribution in [3.63, 3.8) is 0 Å². The maximum Gasteiger partial charge on any atom is 0.341 e. The molecule has 1 fully saturated rings. The van der Waals surface area contributed by atoms with E-state index in [1.165, 1.54) is 31.4 Å². The van der Waals surface area contributed by atoms with Gasteiger partial charge in [-0.3, -0.25) is 4.79 Å². The van der Waals surface area contributed by atoms with Crippen molar-refractivity contribution in [2.75, 3.05) is 0 Å². The molecule has 0 saturated heterocycles. The zero-order valence-electron chi connectivity index (χ0n) is 11.5. The van der Waals surface area contributed by atoms with Crippen LogP contribution in [0.5, 0.6) is 0 Å². The number of nitrogens with zero attached hydrogens (tertiary/aromatic N) is 1. The Bertz CT molecular complexity index is 456. The summed E-state index contributed by atoms with van der Waals surface area (Å²) >= 11 is 0. The Hall–Kier alpha value is -1.71. The maximum absolute atomic E-state index is 11.9. The molecule has 0 radical (unpaired) electrons. The summed E-state index contributed by atoms with van der Waals surface area (Å²) in [5, 5.41) is 2.95. The Labute approximate surface area is 113 Å². The van der Waals surface area contributed by atoms with E-state index in [0.29, 0.717) is 5.71 Å². The highest BCUT2D eigenvalue weighted by Crippen LogP contribution is 2.18. The van der Waals surface area contributed by atoms with Gasteiger partial charge in [-0.25, -0.2) is 4.79 Å². The van der Waals surface area contributed by atoms with Crippen LogP contribution >= 0.6 is 0 Å². The molecule has 0 aromatic carbocycles. The van der Waals surface area contributed by atoms with Crippen molar-refractivity contribution in [2.45, 2.75) is 52.0 Å². The Balaban J connectivity index is 2.03. The molecule has 0 spiro atoms. The van der Waals surface area contributed by atoms with Gasteiger partial charge in [0.05, 0.1) is 5.71 Å². The quantitative estimate of drug-likeness (QED) is 0.737. The Kier molecular flexibility index (Phi) is 4.30. The van der Waals surface area contributed by atoms with Gasteiger partial charge in [-0.2, -0.15) is 4.99 Å². The van der Waals surface area contributed by atoms with Crippen molar-refractivity contribution in [2.24, 2.45) is 4.99 Å². The average Bonchev–Trinajstić information content (AvgIpc) is 2.35. The summed E-state index contributed by atoms with van der Waals surface area (Å²) in [6.07, 6.45) is 8.71. The van der Waals surface area contributed by atoms with Gasteiger partial charge < -0.3 is 5.32 Å². The molecule has 2 amide bonds. The minimum Gasteiger partial charge on any atom is -0.333 e. The van der Waals surface area contributed by atoms with Crippen molar-refractivity contribution in [1.29, 1.82) is 0 Å². The molecule has 102 valence electrons. The number of ketones is 1. The van der Waals surface area contributed by atoms with Gasteiger partial charge >= 0.3 is 6.03 Å². The zero-order chi connectivity index (χ0) is 13.8. The largest absolute Gasteiger partial charge is 0.341 e. The van der Waals surface area contributed by atoms with E-state index in [9.17, 15) is 9.59 Å². The van der Waals surface area contributed by atoms with Crippen LogP contribution in [0.2, 0.25) is 0 Å². The number of carbonyl (C=O) groups excluding carboxylic acids is 2. The van der Waals surface area contributed by atoms with Gasteiger partial charge in [-0.1, -0.05) is 19.3 Å². The summed E-state index contributed by atoms with van der Waals surface area (Å²) in [5.74, 6) is -0.0401. The normalized spacial score (nSPS) is 20.7. The predicted octanol–water partition coefficient (Wildman–Crippen LogP) is 2.95. The summed E-state index contributed by atoms with van der Waals surface area (Å²) < 4.78 is 0. The molecule has 1 N–H and O–H groups in total. The van der Waals surface area contributed by atoms with Gasteiger partial charge in [0.25, 0.3) is 0 Å². The number of allylic oxidation sites excluding steroid dienone is 4. The molecule has 0 heterocycles. The van der Waals surface area contributed by atoms with Crippen molar-refractivity contribution in [3.05, 3.63) is 23.3 Å². The highest BCUT2D eigenvalue weighted by Gasteiger charge is 2.18. The Morgan fingerprint density at radius 1 is 1.16 bits per heavy atom. The zero-order valence-corrected chi connectivity index (χ0v) is 11.5. The second kappa shape index (κ2) is 5.95. The first-order valence-corrected chi connectivity index (χ1v) is 6.87. The van der Waals surface area contributed by atoms with Gasteiger partial charge in [-0.15, -0.1) is 0 Å². The first-order valence-electron chi connectivity index (χ1n) is 6.87. The molecular weight excluding hydrogens is 240 g/mol. The van der Waals surface area contributed by atoms with E-state index in [0.717, 1.165) is 24.0 Å². The predicted molar refractivity (Wildman–Crippen MR) is 75.4 cm³/mol. The standard InChI is InChI=1S/C15H20N2O2/c1-10-8-13(18)9-11(2)14(10)17-15(19)16-12-6-4-3-5-7-12/h8-9,12H,3-7H2,1-2H3,(H,16,19). The molecule has 2 aliphatic carbocycles. The smallest absolute Gasteiger partial charge is 0.333 e. The van der Waals surface area contributed by atoms with Crippen LogP contribution in [0.4, 0.5) is 4.79 Å². The molecule has 0 aromatic rings. The Morgan fingerprint density at radius 2 is 1.74 bits per heavy atom. The van der Waals surface area contributed by atoms with E-state index in [2.05, 4.69) is 10.3 Å².